The standard InChI is InChI=1S/C35H64O13Si/c1-35(2,3)49(4,5)48-32-30-46-28-26-44-24-22-42-20-18-40-16-14-38-12-11-37-13-15-39-17-19-41-21-23-43-25-27-45-29-31-47-34(36)33-9-7-6-8-10-33/h6-10H,11-32H2,1-5H3. The number of carbonyl (C=O) groups is 1. The summed E-state index contributed by atoms with van der Waals surface area (Å²) in [6, 6.07) is 8.86. The molecule has 286 valence electrons. The fourth-order valence-electron chi connectivity index (χ4n) is 3.50. The van der Waals surface area contributed by atoms with Crippen LogP contribution in [0.3, 0.4) is 0 Å². The Morgan fingerprint density at radius 1 is 0.449 bits per heavy atom. The van der Waals surface area contributed by atoms with E-state index in [0.29, 0.717) is 144 Å². The molecule has 0 spiro atoms. The maximum Gasteiger partial charge on any atom is 0.338 e. The largest absolute Gasteiger partial charge is 0.460 e. The third-order valence-electron chi connectivity index (χ3n) is 7.32. The van der Waals surface area contributed by atoms with Crippen LogP contribution in [0.5, 0.6) is 0 Å². The minimum Gasteiger partial charge on any atom is -0.460 e. The molecule has 14 heteroatoms. The summed E-state index contributed by atoms with van der Waals surface area (Å²) in [7, 11) is -1.70. The van der Waals surface area contributed by atoms with E-state index in [4.69, 9.17) is 56.5 Å². The van der Waals surface area contributed by atoms with Crippen molar-refractivity contribution in [1.82, 2.24) is 0 Å². The van der Waals surface area contributed by atoms with Crippen LogP contribution in [0.2, 0.25) is 18.1 Å². The zero-order valence-electron chi connectivity index (χ0n) is 30.8. The van der Waals surface area contributed by atoms with Gasteiger partial charge in [0.15, 0.2) is 8.32 Å². The molecule has 1 rings (SSSR count). The molecule has 0 saturated heterocycles. The van der Waals surface area contributed by atoms with Gasteiger partial charge in [-0.2, -0.15) is 0 Å². The Bertz CT molecular complexity index is 871. The van der Waals surface area contributed by atoms with E-state index in [-0.39, 0.29) is 17.6 Å². The second-order valence-electron chi connectivity index (χ2n) is 12.2. The second kappa shape index (κ2) is 31.2. The normalized spacial score (nSPS) is 12.1. The van der Waals surface area contributed by atoms with E-state index in [0.717, 1.165) is 0 Å². The Hall–Kier alpha value is -1.53. The van der Waals surface area contributed by atoms with Crippen LogP contribution in [0.4, 0.5) is 0 Å². The minimum absolute atomic E-state index is 0.202. The highest BCUT2D eigenvalue weighted by atomic mass is 28.4. The summed E-state index contributed by atoms with van der Waals surface area (Å²) in [5, 5.41) is 0.213. The first kappa shape index (κ1) is 45.5. The van der Waals surface area contributed by atoms with E-state index < -0.39 is 8.32 Å². The molecule has 0 saturated carbocycles. The minimum atomic E-state index is -1.70. The number of benzene rings is 1. The molecule has 0 N–H and O–H groups in total. The van der Waals surface area contributed by atoms with Gasteiger partial charge in [0.2, 0.25) is 0 Å². The average Bonchev–Trinajstić information content (AvgIpc) is 3.08. The molecule has 49 heavy (non-hydrogen) atoms. The molecule has 0 aliphatic carbocycles. The fraction of sp³-hybridized carbons (Fsp3) is 0.800. The lowest BCUT2D eigenvalue weighted by molar-refractivity contribution is -0.0274. The van der Waals surface area contributed by atoms with Crippen LogP contribution in [0.25, 0.3) is 0 Å². The molecule has 0 aliphatic rings. The monoisotopic (exact) mass is 720 g/mol. The van der Waals surface area contributed by atoms with Gasteiger partial charge in [0, 0.05) is 0 Å². The molecule has 13 nitrogen and oxygen atoms in total. The van der Waals surface area contributed by atoms with Crippen molar-refractivity contribution >= 4 is 14.3 Å². The van der Waals surface area contributed by atoms with E-state index in [1.165, 1.54) is 0 Å². The number of hydrogen-bond donors (Lipinski definition) is 0. The summed E-state index contributed by atoms with van der Waals surface area (Å²) < 4.78 is 66.1. The zero-order chi connectivity index (χ0) is 35.7. The van der Waals surface area contributed by atoms with Gasteiger partial charge in [0.05, 0.1) is 144 Å². The average molecular weight is 721 g/mol. The molecule has 0 aliphatic heterocycles. The van der Waals surface area contributed by atoms with Crippen molar-refractivity contribution in [3.63, 3.8) is 0 Å². The number of carbonyl (C=O) groups excluding carboxylic acids is 1. The van der Waals surface area contributed by atoms with Crippen molar-refractivity contribution in [2.75, 3.05) is 145 Å². The van der Waals surface area contributed by atoms with Crippen molar-refractivity contribution in [2.45, 2.75) is 38.9 Å². The smallest absolute Gasteiger partial charge is 0.338 e. The Morgan fingerprint density at radius 3 is 1.00 bits per heavy atom. The van der Waals surface area contributed by atoms with Gasteiger partial charge in [-0.15, -0.1) is 0 Å². The second-order valence-corrected chi connectivity index (χ2v) is 17.0. The van der Waals surface area contributed by atoms with Crippen molar-refractivity contribution < 1.29 is 61.3 Å². The van der Waals surface area contributed by atoms with Gasteiger partial charge in [0.1, 0.15) is 6.61 Å². The molecule has 0 amide bonds. The van der Waals surface area contributed by atoms with E-state index in [2.05, 4.69) is 33.9 Å². The van der Waals surface area contributed by atoms with Crippen molar-refractivity contribution in [3.05, 3.63) is 35.9 Å². The molecular formula is C35H64O13Si. The fourth-order valence-corrected chi connectivity index (χ4v) is 4.53. The van der Waals surface area contributed by atoms with E-state index in [1.54, 1.807) is 24.3 Å². The maximum absolute atomic E-state index is 11.8. The summed E-state index contributed by atoms with van der Waals surface area (Å²) >= 11 is 0. The third-order valence-corrected chi connectivity index (χ3v) is 11.9. The third kappa shape index (κ3) is 27.8. The van der Waals surface area contributed by atoms with E-state index >= 15 is 0 Å². The molecule has 1 aromatic rings. The van der Waals surface area contributed by atoms with Crippen molar-refractivity contribution in [3.8, 4) is 0 Å². The molecule has 0 aromatic heterocycles. The highest BCUT2D eigenvalue weighted by molar-refractivity contribution is 6.74. The lowest BCUT2D eigenvalue weighted by Crippen LogP contribution is -2.41. The molecule has 0 bridgehead atoms. The summed E-state index contributed by atoms with van der Waals surface area (Å²) in [6.45, 7) is 21.9. The predicted molar refractivity (Wildman–Crippen MR) is 188 cm³/mol. The van der Waals surface area contributed by atoms with Gasteiger partial charge in [-0.1, -0.05) is 39.0 Å². The lowest BCUT2D eigenvalue weighted by Gasteiger charge is -2.36. The molecule has 1 aromatic carbocycles. The highest BCUT2D eigenvalue weighted by Gasteiger charge is 2.36. The van der Waals surface area contributed by atoms with Crippen LogP contribution in [0.1, 0.15) is 31.1 Å². The van der Waals surface area contributed by atoms with Crippen LogP contribution in [0.15, 0.2) is 30.3 Å². The molecule has 0 fully saturated rings. The van der Waals surface area contributed by atoms with Crippen LogP contribution < -0.4 is 0 Å². The van der Waals surface area contributed by atoms with E-state index in [9.17, 15) is 4.79 Å². The first-order valence-electron chi connectivity index (χ1n) is 17.4. The van der Waals surface area contributed by atoms with Gasteiger partial charge in [-0.25, -0.2) is 4.79 Å². The molecule has 0 radical (unpaired) electrons. The van der Waals surface area contributed by atoms with Crippen molar-refractivity contribution in [2.24, 2.45) is 0 Å². The van der Waals surface area contributed by atoms with Crippen LogP contribution in [0, 0.1) is 0 Å². The molecule has 0 heterocycles. The molecule has 0 atom stereocenters. The Kier molecular flexibility index (Phi) is 29.0. The summed E-state index contributed by atoms with van der Waals surface area (Å²) in [6.07, 6.45) is 0. The van der Waals surface area contributed by atoms with Gasteiger partial charge < -0.3 is 56.5 Å². The SMILES string of the molecule is CC(C)(C)[Si](C)(C)OCCOCCOCCOCCOCCOCCOCCOCCOCCOCCOCCOC(=O)c1ccccc1. The number of rotatable bonds is 35. The summed E-state index contributed by atoms with van der Waals surface area (Å²) in [5.41, 5.74) is 0.526. The number of esters is 1. The number of ether oxygens (including phenoxy) is 11. The first-order chi connectivity index (χ1) is 23.7. The Morgan fingerprint density at radius 2 is 0.714 bits per heavy atom. The Balaban J connectivity index is 1.66. The van der Waals surface area contributed by atoms with Gasteiger partial charge >= 0.3 is 5.97 Å². The van der Waals surface area contributed by atoms with Crippen molar-refractivity contribution in [1.29, 1.82) is 0 Å². The van der Waals surface area contributed by atoms with E-state index in [1.807, 2.05) is 6.07 Å². The van der Waals surface area contributed by atoms with Crippen LogP contribution >= 0.6 is 0 Å². The lowest BCUT2D eigenvalue weighted by atomic mass is 10.2. The maximum atomic E-state index is 11.8. The summed E-state index contributed by atoms with van der Waals surface area (Å²) in [5.74, 6) is -0.356. The van der Waals surface area contributed by atoms with Crippen LogP contribution in [-0.2, 0) is 56.5 Å². The predicted octanol–water partition coefficient (Wildman–Crippen LogP) is 4.03. The van der Waals surface area contributed by atoms with Gasteiger partial charge in [0.25, 0.3) is 0 Å². The first-order valence-corrected chi connectivity index (χ1v) is 20.3. The quantitative estimate of drug-likeness (QED) is 0.0570. The zero-order valence-corrected chi connectivity index (χ0v) is 31.8. The number of hydrogen-bond acceptors (Lipinski definition) is 13. The van der Waals surface area contributed by atoms with Crippen LogP contribution in [-0.4, -0.2) is 160 Å². The van der Waals surface area contributed by atoms with Gasteiger partial charge in [-0.3, -0.25) is 0 Å². The highest BCUT2D eigenvalue weighted by Crippen LogP contribution is 2.36. The van der Waals surface area contributed by atoms with Gasteiger partial charge in [-0.05, 0) is 30.3 Å². The topological polar surface area (TPSA) is 128 Å². The summed E-state index contributed by atoms with van der Waals surface area (Å²) in [4.78, 5) is 11.8. The Labute approximate surface area is 295 Å². The molecular weight excluding hydrogens is 656 g/mol. The molecule has 0 unspecified atom stereocenters.